The van der Waals surface area contributed by atoms with Crippen LogP contribution in [0.15, 0.2) is 47.4 Å². The van der Waals surface area contributed by atoms with Crippen LogP contribution < -0.4 is 14.9 Å². The van der Waals surface area contributed by atoms with Gasteiger partial charge in [0.15, 0.2) is 0 Å². The lowest BCUT2D eigenvalue weighted by Gasteiger charge is -2.27. The monoisotopic (exact) mass is 415 g/mol. The molecule has 0 atom stereocenters. The van der Waals surface area contributed by atoms with Crippen LogP contribution in [0.3, 0.4) is 0 Å². The second-order valence-electron chi connectivity index (χ2n) is 7.46. The Hall–Kier alpha value is -2.38. The van der Waals surface area contributed by atoms with E-state index in [1.807, 2.05) is 6.92 Å². The Morgan fingerprint density at radius 1 is 1.14 bits per heavy atom. The Balaban J connectivity index is 1.57. The number of carbonyl (C=O) groups is 1. The van der Waals surface area contributed by atoms with Crippen molar-refractivity contribution >= 4 is 27.3 Å². The van der Waals surface area contributed by atoms with Gasteiger partial charge in [-0.2, -0.15) is 0 Å². The molecule has 3 rings (SSSR count). The van der Waals surface area contributed by atoms with Crippen LogP contribution in [0.2, 0.25) is 0 Å². The van der Waals surface area contributed by atoms with E-state index in [1.54, 1.807) is 12.1 Å². The first-order valence-electron chi connectivity index (χ1n) is 10.1. The summed E-state index contributed by atoms with van der Waals surface area (Å²) >= 11 is 0. The Kier molecular flexibility index (Phi) is 6.92. The number of hydrogen-bond acceptors (Lipinski definition) is 4. The first-order chi connectivity index (χ1) is 13.9. The molecule has 0 aliphatic carbocycles. The highest BCUT2D eigenvalue weighted by Crippen LogP contribution is 2.26. The zero-order valence-electron chi connectivity index (χ0n) is 17.1. The van der Waals surface area contributed by atoms with E-state index in [0.29, 0.717) is 25.1 Å². The fraction of sp³-hybridized carbons (Fsp3) is 0.409. The molecule has 0 fully saturated rings. The number of sulfonamides is 1. The summed E-state index contributed by atoms with van der Waals surface area (Å²) in [5.74, 6) is -0.0718. The number of hydrogen-bond donors (Lipinski definition) is 2. The maximum Gasteiger partial charge on any atom is 0.240 e. The Bertz CT molecular complexity index is 956. The van der Waals surface area contributed by atoms with Crippen molar-refractivity contribution in [2.24, 2.45) is 0 Å². The summed E-state index contributed by atoms with van der Waals surface area (Å²) in [6.45, 7) is 3.35. The van der Waals surface area contributed by atoms with Gasteiger partial charge in [0.2, 0.25) is 15.9 Å². The van der Waals surface area contributed by atoms with Gasteiger partial charge in [-0.3, -0.25) is 4.79 Å². The van der Waals surface area contributed by atoms with Crippen molar-refractivity contribution in [2.75, 3.05) is 30.4 Å². The Morgan fingerprint density at radius 2 is 1.90 bits per heavy atom. The lowest BCUT2D eigenvalue weighted by atomic mass is 9.98. The van der Waals surface area contributed by atoms with Crippen LogP contribution in [0.1, 0.15) is 37.3 Å². The summed E-state index contributed by atoms with van der Waals surface area (Å²) in [6, 6.07) is 12.6. The van der Waals surface area contributed by atoms with Crippen molar-refractivity contribution in [3.63, 3.8) is 0 Å². The number of carbonyl (C=O) groups excluding carboxylic acids is 1. The second-order valence-corrected chi connectivity index (χ2v) is 9.23. The smallest absolute Gasteiger partial charge is 0.240 e. The lowest BCUT2D eigenvalue weighted by molar-refractivity contribution is -0.116. The van der Waals surface area contributed by atoms with Gasteiger partial charge < -0.3 is 10.2 Å². The molecule has 0 unspecified atom stereocenters. The maximum absolute atomic E-state index is 12.5. The molecule has 29 heavy (non-hydrogen) atoms. The van der Waals surface area contributed by atoms with Gasteiger partial charge in [0.05, 0.1) is 4.90 Å². The molecule has 1 aliphatic heterocycles. The van der Waals surface area contributed by atoms with E-state index in [0.717, 1.165) is 31.4 Å². The third-order valence-corrected chi connectivity index (χ3v) is 6.60. The summed E-state index contributed by atoms with van der Waals surface area (Å²) in [6.07, 6.45) is 4.07. The van der Waals surface area contributed by atoms with Crippen LogP contribution in [-0.4, -0.2) is 34.5 Å². The first-order valence-corrected chi connectivity index (χ1v) is 11.6. The molecule has 2 aromatic carbocycles. The Morgan fingerprint density at radius 3 is 2.62 bits per heavy atom. The molecule has 0 saturated heterocycles. The molecule has 6 nitrogen and oxygen atoms in total. The van der Waals surface area contributed by atoms with Crippen LogP contribution in [0, 0.1) is 0 Å². The van der Waals surface area contributed by atoms with E-state index in [4.69, 9.17) is 0 Å². The lowest BCUT2D eigenvalue weighted by Crippen LogP contribution is -2.26. The number of benzene rings is 2. The number of nitrogens with one attached hydrogen (secondary N) is 2. The SMILES string of the molecule is CCCC(=O)Nc1ccc(S(=O)(=O)NCCc2ccc3c(c2)CCCN3C)cc1. The molecule has 0 radical (unpaired) electrons. The summed E-state index contributed by atoms with van der Waals surface area (Å²) in [5, 5.41) is 2.76. The third-order valence-electron chi connectivity index (χ3n) is 5.13. The van der Waals surface area contributed by atoms with Gasteiger partial charge >= 0.3 is 0 Å². The summed E-state index contributed by atoms with van der Waals surface area (Å²) in [4.78, 5) is 14.1. The van der Waals surface area contributed by atoms with Gasteiger partial charge in [-0.05, 0) is 67.1 Å². The van der Waals surface area contributed by atoms with Crippen molar-refractivity contribution < 1.29 is 13.2 Å². The fourth-order valence-corrected chi connectivity index (χ4v) is 4.61. The predicted octanol–water partition coefficient (Wildman–Crippen LogP) is 3.33. The number of rotatable bonds is 8. The molecule has 0 saturated carbocycles. The minimum Gasteiger partial charge on any atom is -0.374 e. The number of nitrogens with zero attached hydrogens (tertiary/aromatic N) is 1. The van der Waals surface area contributed by atoms with E-state index in [-0.39, 0.29) is 10.8 Å². The summed E-state index contributed by atoms with van der Waals surface area (Å²) < 4.78 is 27.7. The third kappa shape index (κ3) is 5.58. The molecule has 0 bridgehead atoms. The molecule has 2 aromatic rings. The van der Waals surface area contributed by atoms with Crippen LogP contribution in [0.5, 0.6) is 0 Å². The topological polar surface area (TPSA) is 78.5 Å². The van der Waals surface area contributed by atoms with E-state index in [1.165, 1.54) is 23.4 Å². The molecular weight excluding hydrogens is 386 g/mol. The van der Waals surface area contributed by atoms with Crippen LogP contribution in [-0.2, 0) is 27.7 Å². The van der Waals surface area contributed by atoms with Crippen molar-refractivity contribution in [3.8, 4) is 0 Å². The molecule has 0 spiro atoms. The van der Waals surface area contributed by atoms with Gasteiger partial charge in [0.1, 0.15) is 0 Å². The second kappa shape index (κ2) is 9.41. The summed E-state index contributed by atoms with van der Waals surface area (Å²) in [5.41, 5.74) is 4.34. The van der Waals surface area contributed by atoms with E-state index < -0.39 is 10.0 Å². The first kappa shape index (κ1) is 21.3. The van der Waals surface area contributed by atoms with Crippen molar-refractivity contribution in [1.29, 1.82) is 0 Å². The highest BCUT2D eigenvalue weighted by Gasteiger charge is 2.15. The molecule has 1 aliphatic rings. The standard InChI is InChI=1S/C22H29N3O3S/c1-3-5-22(26)24-19-8-10-20(11-9-19)29(27,28)23-14-13-17-7-12-21-18(16-17)6-4-15-25(21)2/h7-12,16,23H,3-6,13-15H2,1-2H3,(H,24,26). The molecular formula is C22H29N3O3S. The zero-order chi connectivity index (χ0) is 20.9. The van der Waals surface area contributed by atoms with E-state index in [2.05, 4.69) is 40.2 Å². The van der Waals surface area contributed by atoms with Crippen molar-refractivity contribution in [1.82, 2.24) is 4.72 Å². The van der Waals surface area contributed by atoms with Gasteiger partial charge in [-0.1, -0.05) is 19.1 Å². The number of aryl methyl sites for hydroxylation is 1. The molecule has 7 heteroatoms. The molecule has 1 amide bonds. The van der Waals surface area contributed by atoms with Crippen LogP contribution in [0.4, 0.5) is 11.4 Å². The minimum atomic E-state index is -3.58. The maximum atomic E-state index is 12.5. The number of fused-ring (bicyclic) bond motifs is 1. The molecule has 1 heterocycles. The highest BCUT2D eigenvalue weighted by molar-refractivity contribution is 7.89. The minimum absolute atomic E-state index is 0.0718. The highest BCUT2D eigenvalue weighted by atomic mass is 32.2. The number of amides is 1. The molecule has 2 N–H and O–H groups in total. The van der Waals surface area contributed by atoms with Crippen LogP contribution >= 0.6 is 0 Å². The van der Waals surface area contributed by atoms with Crippen molar-refractivity contribution in [3.05, 3.63) is 53.6 Å². The molecule has 156 valence electrons. The van der Waals surface area contributed by atoms with E-state index >= 15 is 0 Å². The summed E-state index contributed by atoms with van der Waals surface area (Å²) in [7, 11) is -1.48. The Labute approximate surface area is 173 Å². The van der Waals surface area contributed by atoms with Crippen LogP contribution in [0.25, 0.3) is 0 Å². The van der Waals surface area contributed by atoms with Gasteiger partial charge in [0.25, 0.3) is 0 Å². The fourth-order valence-electron chi connectivity index (χ4n) is 3.58. The van der Waals surface area contributed by atoms with Crippen molar-refractivity contribution in [2.45, 2.75) is 43.9 Å². The molecule has 0 aromatic heterocycles. The quantitative estimate of drug-likeness (QED) is 0.693. The van der Waals surface area contributed by atoms with Gasteiger partial charge in [0, 0.05) is 37.9 Å². The average molecular weight is 416 g/mol. The van der Waals surface area contributed by atoms with Gasteiger partial charge in [-0.25, -0.2) is 13.1 Å². The normalized spacial score (nSPS) is 13.8. The average Bonchev–Trinajstić information content (AvgIpc) is 2.68. The van der Waals surface area contributed by atoms with Gasteiger partial charge in [-0.15, -0.1) is 0 Å². The largest absolute Gasteiger partial charge is 0.374 e. The van der Waals surface area contributed by atoms with E-state index in [9.17, 15) is 13.2 Å². The number of anilines is 2. The zero-order valence-corrected chi connectivity index (χ0v) is 17.9. The predicted molar refractivity (Wildman–Crippen MR) is 117 cm³/mol.